The molecule has 1 aromatic rings. The second-order valence-corrected chi connectivity index (χ2v) is 3.94. The Labute approximate surface area is 88.0 Å². The second kappa shape index (κ2) is 3.74. The minimum absolute atomic E-state index is 0.175. The van der Waals surface area contributed by atoms with Gasteiger partial charge in [-0.1, -0.05) is 12.1 Å². The summed E-state index contributed by atoms with van der Waals surface area (Å²) in [5.74, 6) is -0.510. The Morgan fingerprint density at radius 1 is 1.33 bits per heavy atom. The average Bonchev–Trinajstić information content (AvgIpc) is 2.16. The zero-order valence-electron chi connectivity index (χ0n) is 8.18. The van der Waals surface area contributed by atoms with Crippen LogP contribution in [0.3, 0.4) is 0 Å². The molecule has 0 bridgehead atoms. The number of carboxylic acid groups (broad SMARTS) is 1. The first-order valence-corrected chi connectivity index (χ1v) is 4.93. The third-order valence-corrected chi connectivity index (χ3v) is 3.00. The molecule has 76 valence electrons. The molecule has 0 amide bonds. The highest BCUT2D eigenvalue weighted by Crippen LogP contribution is 2.41. The summed E-state index contributed by atoms with van der Waals surface area (Å²) in [5, 5.41) is 17.4. The van der Waals surface area contributed by atoms with Crippen molar-refractivity contribution in [2.75, 3.05) is 0 Å². The van der Waals surface area contributed by atoms with E-state index in [0.29, 0.717) is 11.5 Å². The SMILES string of the molecule is N#Cc1ccc([C@H]2C[C@@H](C(=O)O)C2)cc1. The van der Waals surface area contributed by atoms with Crippen LogP contribution in [0.15, 0.2) is 24.3 Å². The zero-order chi connectivity index (χ0) is 10.8. The lowest BCUT2D eigenvalue weighted by Gasteiger charge is -2.32. The first-order valence-electron chi connectivity index (χ1n) is 4.93. The van der Waals surface area contributed by atoms with Crippen LogP contribution in [0.2, 0.25) is 0 Å². The molecule has 3 heteroatoms. The molecule has 0 aromatic heterocycles. The van der Waals surface area contributed by atoms with Crippen molar-refractivity contribution in [2.45, 2.75) is 18.8 Å². The summed E-state index contributed by atoms with van der Waals surface area (Å²) >= 11 is 0. The number of carboxylic acids is 1. The number of aliphatic carboxylic acids is 1. The Morgan fingerprint density at radius 3 is 2.40 bits per heavy atom. The van der Waals surface area contributed by atoms with Crippen LogP contribution in [-0.4, -0.2) is 11.1 Å². The predicted molar refractivity (Wildman–Crippen MR) is 54.3 cm³/mol. The molecular weight excluding hydrogens is 190 g/mol. The number of carbonyl (C=O) groups is 1. The highest BCUT2D eigenvalue weighted by atomic mass is 16.4. The van der Waals surface area contributed by atoms with Gasteiger partial charge in [0.1, 0.15) is 0 Å². The van der Waals surface area contributed by atoms with E-state index in [4.69, 9.17) is 10.4 Å². The second-order valence-electron chi connectivity index (χ2n) is 3.94. The number of nitrogens with zero attached hydrogens (tertiary/aromatic N) is 1. The van der Waals surface area contributed by atoms with Crippen LogP contribution < -0.4 is 0 Å². The van der Waals surface area contributed by atoms with E-state index in [1.54, 1.807) is 12.1 Å². The van der Waals surface area contributed by atoms with E-state index in [-0.39, 0.29) is 5.92 Å². The van der Waals surface area contributed by atoms with Crippen molar-refractivity contribution in [3.8, 4) is 6.07 Å². The molecule has 0 radical (unpaired) electrons. The summed E-state index contributed by atoms with van der Waals surface area (Å²) in [4.78, 5) is 10.6. The topological polar surface area (TPSA) is 61.1 Å². The van der Waals surface area contributed by atoms with Crippen LogP contribution in [0.4, 0.5) is 0 Å². The third kappa shape index (κ3) is 1.84. The molecular formula is C12H11NO2. The number of benzene rings is 1. The summed E-state index contributed by atoms with van der Waals surface area (Å²) < 4.78 is 0. The standard InChI is InChI=1S/C12H11NO2/c13-7-8-1-3-9(4-2-8)10-5-11(6-10)12(14)15/h1-4,10-11H,5-6H2,(H,14,15)/t10-,11+. The molecule has 0 unspecified atom stereocenters. The number of rotatable bonds is 2. The Balaban J connectivity index is 2.02. The lowest BCUT2D eigenvalue weighted by Crippen LogP contribution is -2.28. The predicted octanol–water partition coefficient (Wildman–Crippen LogP) is 2.14. The van der Waals surface area contributed by atoms with Crippen molar-refractivity contribution in [3.05, 3.63) is 35.4 Å². The third-order valence-electron chi connectivity index (χ3n) is 3.00. The van der Waals surface area contributed by atoms with Gasteiger partial charge in [-0.15, -0.1) is 0 Å². The van der Waals surface area contributed by atoms with Crippen molar-refractivity contribution in [1.82, 2.24) is 0 Å². The molecule has 2 rings (SSSR count). The maximum atomic E-state index is 10.6. The van der Waals surface area contributed by atoms with Crippen molar-refractivity contribution >= 4 is 5.97 Å². The summed E-state index contributed by atoms with van der Waals surface area (Å²) in [7, 11) is 0. The summed E-state index contributed by atoms with van der Waals surface area (Å²) in [6.45, 7) is 0. The van der Waals surface area contributed by atoms with Gasteiger partial charge in [0, 0.05) is 0 Å². The molecule has 0 heterocycles. The van der Waals surface area contributed by atoms with Crippen LogP contribution in [0.25, 0.3) is 0 Å². The quantitative estimate of drug-likeness (QED) is 0.797. The van der Waals surface area contributed by atoms with E-state index in [2.05, 4.69) is 6.07 Å². The molecule has 0 atom stereocenters. The Hall–Kier alpha value is -1.82. The van der Waals surface area contributed by atoms with Crippen molar-refractivity contribution in [1.29, 1.82) is 5.26 Å². The molecule has 1 fully saturated rings. The summed E-state index contributed by atoms with van der Waals surface area (Å²) in [6, 6.07) is 9.46. The van der Waals surface area contributed by atoms with Gasteiger partial charge in [-0.05, 0) is 36.5 Å². The van der Waals surface area contributed by atoms with E-state index < -0.39 is 5.97 Å². The van der Waals surface area contributed by atoms with Crippen LogP contribution in [0.1, 0.15) is 29.9 Å². The van der Waals surface area contributed by atoms with E-state index in [1.807, 2.05) is 12.1 Å². The fourth-order valence-corrected chi connectivity index (χ4v) is 1.92. The molecule has 1 N–H and O–H groups in total. The molecule has 1 saturated carbocycles. The molecule has 15 heavy (non-hydrogen) atoms. The molecule has 3 nitrogen and oxygen atoms in total. The normalized spacial score (nSPS) is 23.9. The van der Waals surface area contributed by atoms with Gasteiger partial charge in [0.15, 0.2) is 0 Å². The Bertz CT molecular complexity index is 410. The highest BCUT2D eigenvalue weighted by Gasteiger charge is 2.34. The largest absolute Gasteiger partial charge is 0.481 e. The van der Waals surface area contributed by atoms with Gasteiger partial charge in [-0.3, -0.25) is 4.79 Å². The smallest absolute Gasteiger partial charge is 0.306 e. The van der Waals surface area contributed by atoms with Gasteiger partial charge >= 0.3 is 5.97 Å². The van der Waals surface area contributed by atoms with Crippen molar-refractivity contribution in [2.24, 2.45) is 5.92 Å². The monoisotopic (exact) mass is 201 g/mol. The zero-order valence-corrected chi connectivity index (χ0v) is 8.18. The van der Waals surface area contributed by atoms with E-state index in [9.17, 15) is 4.79 Å². The van der Waals surface area contributed by atoms with Gasteiger partial charge in [0.25, 0.3) is 0 Å². The average molecular weight is 201 g/mol. The minimum atomic E-state index is -0.695. The number of hydrogen-bond donors (Lipinski definition) is 1. The van der Waals surface area contributed by atoms with E-state index in [1.165, 1.54) is 0 Å². The first kappa shape index (κ1) is 9.72. The van der Waals surface area contributed by atoms with Gasteiger partial charge in [0.2, 0.25) is 0 Å². The van der Waals surface area contributed by atoms with Gasteiger partial charge in [-0.2, -0.15) is 5.26 Å². The number of hydrogen-bond acceptors (Lipinski definition) is 2. The van der Waals surface area contributed by atoms with Gasteiger partial charge in [0.05, 0.1) is 17.6 Å². The molecule has 1 aliphatic carbocycles. The molecule has 1 aromatic carbocycles. The fraction of sp³-hybridized carbons (Fsp3) is 0.333. The summed E-state index contributed by atoms with van der Waals surface area (Å²) in [5.41, 5.74) is 1.79. The lowest BCUT2D eigenvalue weighted by atomic mass is 9.71. The maximum Gasteiger partial charge on any atom is 0.306 e. The summed E-state index contributed by atoms with van der Waals surface area (Å²) in [6.07, 6.45) is 1.45. The molecule has 0 saturated heterocycles. The molecule has 0 spiro atoms. The highest BCUT2D eigenvalue weighted by molar-refractivity contribution is 5.71. The van der Waals surface area contributed by atoms with E-state index in [0.717, 1.165) is 18.4 Å². The van der Waals surface area contributed by atoms with Crippen LogP contribution >= 0.6 is 0 Å². The Morgan fingerprint density at radius 2 is 1.93 bits per heavy atom. The molecule has 0 aliphatic heterocycles. The Kier molecular flexibility index (Phi) is 2.42. The van der Waals surface area contributed by atoms with Crippen molar-refractivity contribution in [3.63, 3.8) is 0 Å². The van der Waals surface area contributed by atoms with Crippen LogP contribution in [-0.2, 0) is 4.79 Å². The van der Waals surface area contributed by atoms with Crippen LogP contribution in [0.5, 0.6) is 0 Å². The molecule has 1 aliphatic rings. The van der Waals surface area contributed by atoms with Crippen LogP contribution in [0, 0.1) is 17.2 Å². The minimum Gasteiger partial charge on any atom is -0.481 e. The lowest BCUT2D eigenvalue weighted by molar-refractivity contribution is -0.145. The van der Waals surface area contributed by atoms with Gasteiger partial charge in [-0.25, -0.2) is 0 Å². The maximum absolute atomic E-state index is 10.6. The van der Waals surface area contributed by atoms with E-state index >= 15 is 0 Å². The number of nitriles is 1. The fourth-order valence-electron chi connectivity index (χ4n) is 1.92. The first-order chi connectivity index (χ1) is 7.20. The van der Waals surface area contributed by atoms with Gasteiger partial charge < -0.3 is 5.11 Å². The van der Waals surface area contributed by atoms with Crippen molar-refractivity contribution < 1.29 is 9.90 Å².